The molecule has 1 saturated heterocycles. The number of likely N-dealkylation sites (tertiary alicyclic amines) is 1. The molecule has 1 aliphatic heterocycles. The molecule has 2 heteroatoms. The van der Waals surface area contributed by atoms with Crippen LogP contribution >= 0.6 is 11.6 Å². The van der Waals surface area contributed by atoms with Gasteiger partial charge >= 0.3 is 0 Å². The van der Waals surface area contributed by atoms with Crippen LogP contribution in [0.4, 0.5) is 0 Å². The maximum absolute atomic E-state index is 5.97. The Morgan fingerprint density at radius 3 is 3.00 bits per heavy atom. The second-order valence-corrected chi connectivity index (χ2v) is 3.47. The van der Waals surface area contributed by atoms with Gasteiger partial charge in [-0.3, -0.25) is 0 Å². The van der Waals surface area contributed by atoms with Crippen LogP contribution in [0.15, 0.2) is 0 Å². The highest BCUT2D eigenvalue weighted by atomic mass is 35.5. The molecule has 1 heterocycles. The lowest BCUT2D eigenvalue weighted by atomic mass is 10.2. The number of halogens is 1. The third-order valence-corrected chi connectivity index (χ3v) is 2.17. The SMILES string of the molecule is CN1CCCCC(Cl)C1. The molecule has 0 radical (unpaired) electrons. The van der Waals surface area contributed by atoms with E-state index in [-0.39, 0.29) is 0 Å². The van der Waals surface area contributed by atoms with Crippen LogP contribution < -0.4 is 0 Å². The fourth-order valence-electron chi connectivity index (χ4n) is 1.27. The van der Waals surface area contributed by atoms with Gasteiger partial charge in [0.25, 0.3) is 0 Å². The van der Waals surface area contributed by atoms with Crippen LogP contribution in [-0.2, 0) is 0 Å². The number of hydrogen-bond acceptors (Lipinski definition) is 1. The average Bonchev–Trinajstić information content (AvgIpc) is 1.93. The van der Waals surface area contributed by atoms with Gasteiger partial charge in [0.2, 0.25) is 0 Å². The van der Waals surface area contributed by atoms with Crippen molar-refractivity contribution in [2.45, 2.75) is 24.6 Å². The first-order valence-electron chi connectivity index (χ1n) is 3.61. The van der Waals surface area contributed by atoms with Crippen molar-refractivity contribution in [2.24, 2.45) is 0 Å². The van der Waals surface area contributed by atoms with Gasteiger partial charge in [0.1, 0.15) is 0 Å². The smallest absolute Gasteiger partial charge is 0.0463 e. The predicted molar refractivity (Wildman–Crippen MR) is 41.0 cm³/mol. The Morgan fingerprint density at radius 1 is 1.44 bits per heavy atom. The van der Waals surface area contributed by atoms with E-state index in [2.05, 4.69) is 11.9 Å². The summed E-state index contributed by atoms with van der Waals surface area (Å²) in [5.41, 5.74) is 0. The molecule has 1 aliphatic rings. The largest absolute Gasteiger partial charge is 0.305 e. The van der Waals surface area contributed by atoms with Crippen molar-refractivity contribution in [1.82, 2.24) is 4.90 Å². The lowest BCUT2D eigenvalue weighted by molar-refractivity contribution is 0.351. The second kappa shape index (κ2) is 3.43. The molecule has 1 unspecified atom stereocenters. The fraction of sp³-hybridized carbons (Fsp3) is 1.00. The molecule has 9 heavy (non-hydrogen) atoms. The van der Waals surface area contributed by atoms with Crippen LogP contribution in [-0.4, -0.2) is 30.4 Å². The summed E-state index contributed by atoms with van der Waals surface area (Å²) in [6, 6.07) is 0. The Balaban J connectivity index is 2.29. The molecule has 0 saturated carbocycles. The maximum Gasteiger partial charge on any atom is 0.0463 e. The molecule has 0 aromatic rings. The topological polar surface area (TPSA) is 3.24 Å². The molecule has 54 valence electrons. The Kier molecular flexibility index (Phi) is 2.80. The van der Waals surface area contributed by atoms with Gasteiger partial charge in [-0.1, -0.05) is 6.42 Å². The van der Waals surface area contributed by atoms with E-state index in [9.17, 15) is 0 Å². The Bertz CT molecular complexity index is 75.0. The summed E-state index contributed by atoms with van der Waals surface area (Å²) >= 11 is 5.97. The van der Waals surface area contributed by atoms with Crippen LogP contribution in [0.5, 0.6) is 0 Å². The van der Waals surface area contributed by atoms with Crippen LogP contribution in [0.3, 0.4) is 0 Å². The van der Waals surface area contributed by atoms with E-state index in [4.69, 9.17) is 11.6 Å². The zero-order chi connectivity index (χ0) is 6.69. The highest BCUT2D eigenvalue weighted by Gasteiger charge is 2.11. The number of rotatable bonds is 0. The van der Waals surface area contributed by atoms with Crippen LogP contribution in [0.2, 0.25) is 0 Å². The third kappa shape index (κ3) is 2.55. The van der Waals surface area contributed by atoms with Crippen molar-refractivity contribution >= 4 is 11.6 Å². The maximum atomic E-state index is 5.97. The van der Waals surface area contributed by atoms with Gasteiger partial charge in [0.05, 0.1) is 0 Å². The molecule has 0 bridgehead atoms. The summed E-state index contributed by atoms with van der Waals surface area (Å²) in [7, 11) is 2.14. The van der Waals surface area contributed by atoms with Crippen LogP contribution in [0.1, 0.15) is 19.3 Å². The average molecular weight is 148 g/mol. The highest BCUT2D eigenvalue weighted by Crippen LogP contribution is 2.13. The first-order valence-corrected chi connectivity index (χ1v) is 4.05. The predicted octanol–water partition coefficient (Wildman–Crippen LogP) is 1.71. The van der Waals surface area contributed by atoms with E-state index in [1.165, 1.54) is 25.8 Å². The van der Waals surface area contributed by atoms with Gasteiger partial charge in [0, 0.05) is 11.9 Å². The molecule has 0 aliphatic carbocycles. The van der Waals surface area contributed by atoms with E-state index in [1.54, 1.807) is 0 Å². The number of hydrogen-bond donors (Lipinski definition) is 0. The van der Waals surface area contributed by atoms with Gasteiger partial charge in [-0.2, -0.15) is 0 Å². The van der Waals surface area contributed by atoms with E-state index in [0.717, 1.165) is 6.54 Å². The number of nitrogens with zero attached hydrogens (tertiary/aromatic N) is 1. The number of alkyl halides is 1. The van der Waals surface area contributed by atoms with Gasteiger partial charge < -0.3 is 4.90 Å². The zero-order valence-corrected chi connectivity index (χ0v) is 6.69. The zero-order valence-electron chi connectivity index (χ0n) is 5.94. The Labute approximate surface area is 62.0 Å². The van der Waals surface area contributed by atoms with Crippen LogP contribution in [0, 0.1) is 0 Å². The summed E-state index contributed by atoms with van der Waals surface area (Å²) in [5.74, 6) is 0. The van der Waals surface area contributed by atoms with E-state index in [0.29, 0.717) is 5.38 Å². The van der Waals surface area contributed by atoms with Crippen LogP contribution in [0.25, 0.3) is 0 Å². The Hall–Kier alpha value is 0.250. The van der Waals surface area contributed by atoms with Crippen molar-refractivity contribution in [3.8, 4) is 0 Å². The van der Waals surface area contributed by atoms with Gasteiger partial charge in [0.15, 0.2) is 0 Å². The summed E-state index contributed by atoms with van der Waals surface area (Å²) in [5, 5.41) is 0.400. The molecule has 1 rings (SSSR count). The van der Waals surface area contributed by atoms with Crippen molar-refractivity contribution in [3.05, 3.63) is 0 Å². The van der Waals surface area contributed by atoms with Gasteiger partial charge in [-0.15, -0.1) is 11.6 Å². The van der Waals surface area contributed by atoms with Gasteiger partial charge in [-0.05, 0) is 26.4 Å². The highest BCUT2D eigenvalue weighted by molar-refractivity contribution is 6.20. The molecule has 0 spiro atoms. The van der Waals surface area contributed by atoms with E-state index < -0.39 is 0 Å². The van der Waals surface area contributed by atoms with E-state index >= 15 is 0 Å². The molecule has 0 amide bonds. The third-order valence-electron chi connectivity index (χ3n) is 1.82. The minimum atomic E-state index is 0.400. The van der Waals surface area contributed by atoms with Crippen molar-refractivity contribution in [1.29, 1.82) is 0 Å². The summed E-state index contributed by atoms with van der Waals surface area (Å²) in [6.45, 7) is 2.30. The normalized spacial score (nSPS) is 32.0. The van der Waals surface area contributed by atoms with Crippen molar-refractivity contribution in [2.75, 3.05) is 20.1 Å². The van der Waals surface area contributed by atoms with Crippen molar-refractivity contribution < 1.29 is 0 Å². The molecule has 0 N–H and O–H groups in total. The summed E-state index contributed by atoms with van der Waals surface area (Å²) < 4.78 is 0. The van der Waals surface area contributed by atoms with E-state index in [1.807, 2.05) is 0 Å². The Morgan fingerprint density at radius 2 is 2.22 bits per heavy atom. The molecular formula is C7H14ClN. The van der Waals surface area contributed by atoms with Gasteiger partial charge in [-0.25, -0.2) is 0 Å². The summed E-state index contributed by atoms with van der Waals surface area (Å²) in [4.78, 5) is 2.31. The molecule has 1 atom stereocenters. The molecule has 1 fully saturated rings. The molecule has 0 aromatic carbocycles. The molecule has 1 nitrogen and oxygen atoms in total. The first-order chi connectivity index (χ1) is 4.29. The quantitative estimate of drug-likeness (QED) is 0.472. The minimum Gasteiger partial charge on any atom is -0.305 e. The lowest BCUT2D eigenvalue weighted by Gasteiger charge is -2.13. The minimum absolute atomic E-state index is 0.400. The summed E-state index contributed by atoms with van der Waals surface area (Å²) in [6.07, 6.45) is 3.82. The monoisotopic (exact) mass is 147 g/mol. The van der Waals surface area contributed by atoms with Crippen molar-refractivity contribution in [3.63, 3.8) is 0 Å². The first kappa shape index (κ1) is 7.36. The molecular weight excluding hydrogens is 134 g/mol. The fourth-order valence-corrected chi connectivity index (χ4v) is 1.66. The standard InChI is InChI=1S/C7H14ClN/c1-9-5-3-2-4-7(8)6-9/h7H,2-6H2,1H3. The second-order valence-electron chi connectivity index (χ2n) is 2.86. The lowest BCUT2D eigenvalue weighted by Crippen LogP contribution is -2.23. The molecule has 0 aromatic heterocycles.